The van der Waals surface area contributed by atoms with Crippen LogP contribution in [0, 0.1) is 6.92 Å². The molecular weight excluding hydrogens is 298 g/mol. The number of hydrogen-bond donors (Lipinski definition) is 0. The van der Waals surface area contributed by atoms with Crippen LogP contribution in [0.4, 0.5) is 0 Å². The van der Waals surface area contributed by atoms with Gasteiger partial charge in [0.25, 0.3) is 0 Å². The highest BCUT2D eigenvalue weighted by molar-refractivity contribution is 5.76. The van der Waals surface area contributed by atoms with E-state index >= 15 is 0 Å². The van der Waals surface area contributed by atoms with Gasteiger partial charge in [0.1, 0.15) is 12.4 Å². The summed E-state index contributed by atoms with van der Waals surface area (Å²) in [4.78, 5) is 14.1. The summed E-state index contributed by atoms with van der Waals surface area (Å²) in [5.74, 6) is 1.16. The fourth-order valence-corrected chi connectivity index (χ4v) is 3.35. The monoisotopic (exact) mass is 323 g/mol. The van der Waals surface area contributed by atoms with Crippen molar-refractivity contribution in [1.29, 1.82) is 0 Å². The Morgan fingerprint density at radius 3 is 2.71 bits per heavy atom. The number of amides is 1. The maximum absolute atomic E-state index is 12.2. The van der Waals surface area contributed by atoms with Crippen LogP contribution in [0.3, 0.4) is 0 Å². The standard InChI is InChI=1S/C21H25NO2/c1-4-16-12-17(19-9-7-6-8-15(19)3)13-18-14-22(20(23)5-2)10-11-24-21(16)18/h6-9,12-13H,4-5,10-11,14H2,1-3H3. The SMILES string of the molecule is CCC(=O)N1CCOc2c(CC)cc(-c3ccccc3C)cc2C1. The molecule has 0 spiro atoms. The molecule has 1 heterocycles. The highest BCUT2D eigenvalue weighted by Crippen LogP contribution is 2.34. The number of aryl methyl sites for hydroxylation is 2. The molecule has 0 radical (unpaired) electrons. The lowest BCUT2D eigenvalue weighted by atomic mass is 9.94. The Balaban J connectivity index is 2.08. The Hall–Kier alpha value is -2.29. The van der Waals surface area contributed by atoms with Crippen molar-refractivity contribution in [3.8, 4) is 16.9 Å². The van der Waals surface area contributed by atoms with Crippen molar-refractivity contribution in [2.45, 2.75) is 40.2 Å². The van der Waals surface area contributed by atoms with Crippen LogP contribution in [0.25, 0.3) is 11.1 Å². The van der Waals surface area contributed by atoms with Gasteiger partial charge in [-0.2, -0.15) is 0 Å². The van der Waals surface area contributed by atoms with Gasteiger partial charge in [-0.05, 0) is 47.7 Å². The van der Waals surface area contributed by atoms with Crippen molar-refractivity contribution in [2.24, 2.45) is 0 Å². The Morgan fingerprint density at radius 1 is 1.21 bits per heavy atom. The minimum atomic E-state index is 0.186. The van der Waals surface area contributed by atoms with E-state index in [1.807, 2.05) is 11.8 Å². The number of benzene rings is 2. The van der Waals surface area contributed by atoms with Crippen LogP contribution in [0.15, 0.2) is 36.4 Å². The Morgan fingerprint density at radius 2 is 2.00 bits per heavy atom. The number of hydrogen-bond acceptors (Lipinski definition) is 2. The second-order valence-corrected chi connectivity index (χ2v) is 6.31. The van der Waals surface area contributed by atoms with Gasteiger partial charge in [0.05, 0.1) is 6.54 Å². The minimum absolute atomic E-state index is 0.186. The summed E-state index contributed by atoms with van der Waals surface area (Å²) in [6, 6.07) is 12.9. The molecule has 3 nitrogen and oxygen atoms in total. The molecular formula is C21H25NO2. The zero-order valence-corrected chi connectivity index (χ0v) is 14.8. The molecule has 3 rings (SSSR count). The molecule has 0 atom stereocenters. The lowest BCUT2D eigenvalue weighted by Gasteiger charge is -2.20. The lowest BCUT2D eigenvalue weighted by Crippen LogP contribution is -2.31. The van der Waals surface area contributed by atoms with E-state index in [0.717, 1.165) is 17.7 Å². The van der Waals surface area contributed by atoms with Crippen molar-refractivity contribution in [3.05, 3.63) is 53.1 Å². The van der Waals surface area contributed by atoms with Gasteiger partial charge in [0.2, 0.25) is 5.91 Å². The molecule has 126 valence electrons. The van der Waals surface area contributed by atoms with E-state index in [-0.39, 0.29) is 5.91 Å². The van der Waals surface area contributed by atoms with E-state index in [2.05, 4.69) is 50.2 Å². The molecule has 1 amide bonds. The maximum Gasteiger partial charge on any atom is 0.222 e. The summed E-state index contributed by atoms with van der Waals surface area (Å²) in [6.07, 6.45) is 1.46. The highest BCUT2D eigenvalue weighted by atomic mass is 16.5. The van der Waals surface area contributed by atoms with E-state index < -0.39 is 0 Å². The lowest BCUT2D eigenvalue weighted by molar-refractivity contribution is -0.131. The topological polar surface area (TPSA) is 29.5 Å². The molecule has 3 heteroatoms. The Kier molecular flexibility index (Phi) is 4.89. The normalized spacial score (nSPS) is 13.9. The van der Waals surface area contributed by atoms with Gasteiger partial charge in [-0.1, -0.05) is 38.1 Å². The number of rotatable bonds is 3. The fourth-order valence-electron chi connectivity index (χ4n) is 3.35. The third-order valence-electron chi connectivity index (χ3n) is 4.70. The minimum Gasteiger partial charge on any atom is -0.491 e. The van der Waals surface area contributed by atoms with Crippen molar-refractivity contribution < 1.29 is 9.53 Å². The average Bonchev–Trinajstić information content (AvgIpc) is 2.83. The molecule has 0 saturated carbocycles. The van der Waals surface area contributed by atoms with E-state index in [4.69, 9.17) is 4.74 Å². The maximum atomic E-state index is 12.2. The molecule has 2 aromatic carbocycles. The summed E-state index contributed by atoms with van der Waals surface area (Å²) < 4.78 is 6.02. The highest BCUT2D eigenvalue weighted by Gasteiger charge is 2.21. The molecule has 1 aliphatic heterocycles. The molecule has 1 aliphatic rings. The Bertz CT molecular complexity index is 751. The van der Waals surface area contributed by atoms with Crippen LogP contribution in [0.1, 0.15) is 37.0 Å². The first-order chi connectivity index (χ1) is 11.6. The third kappa shape index (κ3) is 3.16. The average molecular weight is 323 g/mol. The summed E-state index contributed by atoms with van der Waals surface area (Å²) >= 11 is 0. The molecule has 2 aromatic rings. The number of carbonyl (C=O) groups excluding carboxylic acids is 1. The molecule has 0 N–H and O–H groups in total. The molecule has 0 aliphatic carbocycles. The first kappa shape index (κ1) is 16.6. The van der Waals surface area contributed by atoms with Crippen molar-refractivity contribution in [2.75, 3.05) is 13.2 Å². The van der Waals surface area contributed by atoms with Gasteiger partial charge in [-0.25, -0.2) is 0 Å². The van der Waals surface area contributed by atoms with Crippen LogP contribution >= 0.6 is 0 Å². The second-order valence-electron chi connectivity index (χ2n) is 6.31. The zero-order valence-electron chi connectivity index (χ0n) is 14.8. The molecule has 0 bridgehead atoms. The summed E-state index contributed by atoms with van der Waals surface area (Å²) in [5, 5.41) is 0. The van der Waals surface area contributed by atoms with Gasteiger partial charge in [-0.3, -0.25) is 4.79 Å². The van der Waals surface area contributed by atoms with Crippen LogP contribution < -0.4 is 4.74 Å². The molecule has 0 fully saturated rings. The predicted molar refractivity (Wildman–Crippen MR) is 97.2 cm³/mol. The second kappa shape index (κ2) is 7.08. The van der Waals surface area contributed by atoms with Crippen molar-refractivity contribution >= 4 is 5.91 Å². The fraction of sp³-hybridized carbons (Fsp3) is 0.381. The number of nitrogens with zero attached hydrogens (tertiary/aromatic N) is 1. The van der Waals surface area contributed by atoms with E-state index in [1.54, 1.807) is 0 Å². The zero-order chi connectivity index (χ0) is 17.1. The number of fused-ring (bicyclic) bond motifs is 1. The van der Waals surface area contributed by atoms with Gasteiger partial charge in [0.15, 0.2) is 0 Å². The van der Waals surface area contributed by atoms with E-state index in [0.29, 0.717) is 26.1 Å². The summed E-state index contributed by atoms with van der Waals surface area (Å²) in [6.45, 7) is 8.06. The first-order valence-corrected chi connectivity index (χ1v) is 8.76. The van der Waals surface area contributed by atoms with E-state index in [9.17, 15) is 4.79 Å². The quantitative estimate of drug-likeness (QED) is 0.840. The van der Waals surface area contributed by atoms with Crippen LogP contribution in [-0.4, -0.2) is 24.0 Å². The van der Waals surface area contributed by atoms with Gasteiger partial charge >= 0.3 is 0 Å². The van der Waals surface area contributed by atoms with Gasteiger partial charge in [0, 0.05) is 18.5 Å². The molecule has 0 aromatic heterocycles. The number of ether oxygens (including phenoxy) is 1. The van der Waals surface area contributed by atoms with Crippen molar-refractivity contribution in [3.63, 3.8) is 0 Å². The summed E-state index contributed by atoms with van der Waals surface area (Å²) in [5.41, 5.74) is 6.05. The van der Waals surface area contributed by atoms with Crippen molar-refractivity contribution in [1.82, 2.24) is 4.90 Å². The predicted octanol–water partition coefficient (Wildman–Crippen LogP) is 4.36. The number of carbonyl (C=O) groups is 1. The van der Waals surface area contributed by atoms with E-state index in [1.165, 1.54) is 22.3 Å². The first-order valence-electron chi connectivity index (χ1n) is 8.76. The largest absolute Gasteiger partial charge is 0.491 e. The van der Waals surface area contributed by atoms with Gasteiger partial charge in [-0.15, -0.1) is 0 Å². The third-order valence-corrected chi connectivity index (χ3v) is 4.70. The van der Waals surface area contributed by atoms with Gasteiger partial charge < -0.3 is 9.64 Å². The Labute approximate surface area is 144 Å². The molecule has 24 heavy (non-hydrogen) atoms. The smallest absolute Gasteiger partial charge is 0.222 e. The molecule has 0 saturated heterocycles. The van der Waals surface area contributed by atoms with Crippen LogP contribution in [0.5, 0.6) is 5.75 Å². The summed E-state index contributed by atoms with van der Waals surface area (Å²) in [7, 11) is 0. The van der Waals surface area contributed by atoms with Crippen LogP contribution in [-0.2, 0) is 17.8 Å². The molecule has 0 unspecified atom stereocenters. The van der Waals surface area contributed by atoms with Crippen LogP contribution in [0.2, 0.25) is 0 Å².